The molecule has 176 valence electrons. The number of piperidine rings is 1. The third kappa shape index (κ3) is 15.7. The minimum absolute atomic E-state index is 0.0978. The van der Waals surface area contributed by atoms with Crippen LogP contribution in [0.3, 0.4) is 0 Å². The Morgan fingerprint density at radius 1 is 0.633 bits per heavy atom. The highest BCUT2D eigenvalue weighted by molar-refractivity contribution is 5.76. The molecule has 0 aromatic rings. The van der Waals surface area contributed by atoms with Crippen LogP contribution in [0.5, 0.6) is 0 Å². The van der Waals surface area contributed by atoms with E-state index >= 15 is 0 Å². The number of carbonyl (C=O) groups excluding carboxylic acids is 2. The molecule has 0 N–H and O–H groups in total. The van der Waals surface area contributed by atoms with Crippen LogP contribution >= 0.6 is 0 Å². The normalized spacial score (nSPS) is 14.1. The standard InChI is InChI=1S/C26H49NO3/c1-2-3-4-5-6-7-8-9-10-11-12-13-19-24-30-26(29)21-16-15-20-25(28)27-22-17-14-18-23-27/h2-24H2,1H3. The van der Waals surface area contributed by atoms with Gasteiger partial charge in [0.2, 0.25) is 5.91 Å². The van der Waals surface area contributed by atoms with Crippen molar-refractivity contribution >= 4 is 11.9 Å². The summed E-state index contributed by atoms with van der Waals surface area (Å²) in [4.78, 5) is 25.8. The molecule has 1 heterocycles. The maximum absolute atomic E-state index is 12.1. The molecule has 1 saturated heterocycles. The second-order valence-electron chi connectivity index (χ2n) is 9.11. The summed E-state index contributed by atoms with van der Waals surface area (Å²) in [5.74, 6) is 0.161. The largest absolute Gasteiger partial charge is 0.466 e. The number of hydrogen-bond acceptors (Lipinski definition) is 3. The van der Waals surface area contributed by atoms with E-state index in [-0.39, 0.29) is 11.9 Å². The number of nitrogens with zero attached hydrogens (tertiary/aromatic N) is 1. The molecule has 30 heavy (non-hydrogen) atoms. The minimum atomic E-state index is -0.0978. The summed E-state index contributed by atoms with van der Waals surface area (Å²) in [6.07, 6.45) is 23.3. The number of rotatable bonds is 19. The zero-order valence-electron chi connectivity index (χ0n) is 19.9. The number of hydrogen-bond donors (Lipinski definition) is 0. The quantitative estimate of drug-likeness (QED) is 0.163. The van der Waals surface area contributed by atoms with Gasteiger partial charge in [0.1, 0.15) is 0 Å². The monoisotopic (exact) mass is 423 g/mol. The van der Waals surface area contributed by atoms with Crippen molar-refractivity contribution in [3.8, 4) is 0 Å². The second-order valence-corrected chi connectivity index (χ2v) is 9.11. The number of esters is 1. The first kappa shape index (κ1) is 27.0. The SMILES string of the molecule is CCCCCCCCCCCCCCCOC(=O)CCCCC(=O)N1CCCCC1. The summed E-state index contributed by atoms with van der Waals surface area (Å²) in [5, 5.41) is 0. The van der Waals surface area contributed by atoms with Crippen molar-refractivity contribution in [3.05, 3.63) is 0 Å². The molecule has 0 aromatic carbocycles. The van der Waals surface area contributed by atoms with Crippen molar-refractivity contribution in [1.82, 2.24) is 4.90 Å². The first-order chi connectivity index (χ1) is 14.7. The van der Waals surface area contributed by atoms with Crippen LogP contribution in [0.1, 0.15) is 135 Å². The number of carbonyl (C=O) groups is 2. The van der Waals surface area contributed by atoms with Gasteiger partial charge in [-0.05, 0) is 38.5 Å². The van der Waals surface area contributed by atoms with E-state index in [0.717, 1.165) is 51.6 Å². The van der Waals surface area contributed by atoms with Gasteiger partial charge in [-0.15, -0.1) is 0 Å². The highest BCUT2D eigenvalue weighted by atomic mass is 16.5. The van der Waals surface area contributed by atoms with Crippen LogP contribution in [-0.2, 0) is 14.3 Å². The van der Waals surface area contributed by atoms with Crippen molar-refractivity contribution in [2.24, 2.45) is 0 Å². The summed E-state index contributed by atoms with van der Waals surface area (Å²) in [7, 11) is 0. The summed E-state index contributed by atoms with van der Waals surface area (Å²) >= 11 is 0. The van der Waals surface area contributed by atoms with Gasteiger partial charge >= 0.3 is 5.97 Å². The summed E-state index contributed by atoms with van der Waals surface area (Å²) in [6.45, 7) is 4.66. The van der Waals surface area contributed by atoms with E-state index in [1.807, 2.05) is 4.90 Å². The van der Waals surface area contributed by atoms with E-state index < -0.39 is 0 Å². The number of likely N-dealkylation sites (tertiary alicyclic amines) is 1. The molecule has 0 aromatic heterocycles. The summed E-state index contributed by atoms with van der Waals surface area (Å²) in [6, 6.07) is 0. The van der Waals surface area contributed by atoms with Gasteiger partial charge in [-0.25, -0.2) is 0 Å². The molecule has 1 rings (SSSR count). The molecule has 0 radical (unpaired) electrons. The Morgan fingerprint density at radius 2 is 1.13 bits per heavy atom. The van der Waals surface area contributed by atoms with Gasteiger partial charge in [0.15, 0.2) is 0 Å². The highest BCUT2D eigenvalue weighted by Crippen LogP contribution is 2.13. The molecular formula is C26H49NO3. The van der Waals surface area contributed by atoms with Crippen LogP contribution in [0.4, 0.5) is 0 Å². The minimum Gasteiger partial charge on any atom is -0.466 e. The van der Waals surface area contributed by atoms with E-state index in [1.54, 1.807) is 0 Å². The summed E-state index contributed by atoms with van der Waals surface area (Å²) in [5.41, 5.74) is 0. The molecule has 0 unspecified atom stereocenters. The Hall–Kier alpha value is -1.06. The maximum atomic E-state index is 12.1. The Balaban J connectivity index is 1.78. The van der Waals surface area contributed by atoms with Gasteiger partial charge in [0.25, 0.3) is 0 Å². The second kappa shape index (κ2) is 19.9. The fraction of sp³-hybridized carbons (Fsp3) is 0.923. The lowest BCUT2D eigenvalue weighted by Gasteiger charge is -2.26. The molecule has 0 aliphatic carbocycles. The number of ether oxygens (including phenoxy) is 1. The number of amides is 1. The zero-order valence-corrected chi connectivity index (χ0v) is 19.9. The Kier molecular flexibility index (Phi) is 17.9. The van der Waals surface area contributed by atoms with Crippen LogP contribution in [0.15, 0.2) is 0 Å². The smallest absolute Gasteiger partial charge is 0.305 e. The maximum Gasteiger partial charge on any atom is 0.305 e. The Morgan fingerprint density at radius 3 is 1.70 bits per heavy atom. The fourth-order valence-corrected chi connectivity index (χ4v) is 4.22. The topological polar surface area (TPSA) is 46.6 Å². The van der Waals surface area contributed by atoms with Crippen molar-refractivity contribution in [2.45, 2.75) is 135 Å². The zero-order chi connectivity index (χ0) is 21.7. The van der Waals surface area contributed by atoms with Gasteiger partial charge in [0, 0.05) is 25.9 Å². The van der Waals surface area contributed by atoms with Crippen LogP contribution in [0.2, 0.25) is 0 Å². The first-order valence-corrected chi connectivity index (χ1v) is 13.2. The number of unbranched alkanes of at least 4 members (excludes halogenated alkanes) is 13. The van der Waals surface area contributed by atoms with Gasteiger partial charge in [0.05, 0.1) is 6.61 Å². The van der Waals surface area contributed by atoms with E-state index in [4.69, 9.17) is 4.74 Å². The van der Waals surface area contributed by atoms with Crippen LogP contribution < -0.4 is 0 Å². The molecule has 1 amide bonds. The highest BCUT2D eigenvalue weighted by Gasteiger charge is 2.15. The van der Waals surface area contributed by atoms with Crippen LogP contribution in [-0.4, -0.2) is 36.5 Å². The van der Waals surface area contributed by atoms with Crippen LogP contribution in [0, 0.1) is 0 Å². The molecular weight excluding hydrogens is 374 g/mol. The van der Waals surface area contributed by atoms with Crippen LogP contribution in [0.25, 0.3) is 0 Å². The van der Waals surface area contributed by atoms with E-state index in [1.165, 1.54) is 77.0 Å². The first-order valence-electron chi connectivity index (χ1n) is 13.2. The molecule has 4 nitrogen and oxygen atoms in total. The van der Waals surface area contributed by atoms with Crippen molar-refractivity contribution < 1.29 is 14.3 Å². The molecule has 0 atom stereocenters. The lowest BCUT2D eigenvalue weighted by molar-refractivity contribution is -0.144. The molecule has 4 heteroatoms. The van der Waals surface area contributed by atoms with Crippen molar-refractivity contribution in [3.63, 3.8) is 0 Å². The van der Waals surface area contributed by atoms with Crippen molar-refractivity contribution in [2.75, 3.05) is 19.7 Å². The average Bonchev–Trinajstić information content (AvgIpc) is 2.77. The van der Waals surface area contributed by atoms with E-state index in [9.17, 15) is 9.59 Å². The fourth-order valence-electron chi connectivity index (χ4n) is 4.22. The Bertz CT molecular complexity index is 419. The average molecular weight is 424 g/mol. The van der Waals surface area contributed by atoms with Gasteiger partial charge in [-0.1, -0.05) is 84.0 Å². The predicted octanol–water partition coefficient (Wildman–Crippen LogP) is 7.19. The Labute approximate surface area is 186 Å². The molecule has 0 spiro atoms. The van der Waals surface area contributed by atoms with E-state index in [0.29, 0.717) is 19.4 Å². The molecule has 0 saturated carbocycles. The summed E-state index contributed by atoms with van der Waals surface area (Å²) < 4.78 is 5.33. The molecule has 1 fully saturated rings. The van der Waals surface area contributed by atoms with Gasteiger partial charge < -0.3 is 9.64 Å². The third-order valence-electron chi connectivity index (χ3n) is 6.24. The third-order valence-corrected chi connectivity index (χ3v) is 6.24. The van der Waals surface area contributed by atoms with Gasteiger partial charge in [-0.3, -0.25) is 9.59 Å². The lowest BCUT2D eigenvalue weighted by atomic mass is 10.0. The molecule has 1 aliphatic heterocycles. The predicted molar refractivity (Wildman–Crippen MR) is 126 cm³/mol. The van der Waals surface area contributed by atoms with E-state index in [2.05, 4.69) is 6.92 Å². The van der Waals surface area contributed by atoms with Crippen molar-refractivity contribution in [1.29, 1.82) is 0 Å². The molecule has 1 aliphatic rings. The lowest BCUT2D eigenvalue weighted by Crippen LogP contribution is -2.35. The van der Waals surface area contributed by atoms with Gasteiger partial charge in [-0.2, -0.15) is 0 Å². The molecule has 0 bridgehead atoms.